The van der Waals surface area contributed by atoms with Gasteiger partial charge in [0.15, 0.2) is 5.75 Å². The van der Waals surface area contributed by atoms with Gasteiger partial charge in [0.1, 0.15) is 0 Å². The Morgan fingerprint density at radius 2 is 2.11 bits per heavy atom. The second kappa shape index (κ2) is 6.26. The fourth-order valence-corrected chi connectivity index (χ4v) is 1.72. The zero-order valence-corrected chi connectivity index (χ0v) is 10.8. The summed E-state index contributed by atoms with van der Waals surface area (Å²) in [4.78, 5) is 13.9. The number of anilines is 1. The van der Waals surface area contributed by atoms with Crippen LogP contribution in [0.5, 0.6) is 5.75 Å². The van der Waals surface area contributed by atoms with Crippen molar-refractivity contribution in [3.63, 3.8) is 0 Å². The van der Waals surface area contributed by atoms with Crippen molar-refractivity contribution in [3.8, 4) is 5.75 Å². The summed E-state index contributed by atoms with van der Waals surface area (Å²) < 4.78 is 0. The van der Waals surface area contributed by atoms with Crippen molar-refractivity contribution in [2.24, 2.45) is 0 Å². The van der Waals surface area contributed by atoms with E-state index in [9.17, 15) is 9.90 Å². The van der Waals surface area contributed by atoms with E-state index in [4.69, 9.17) is 10.8 Å². The summed E-state index contributed by atoms with van der Waals surface area (Å²) >= 11 is 0. The largest absolute Gasteiger partial charge is 0.505 e. The number of nitrogen functional groups attached to an aromatic ring is 1. The summed E-state index contributed by atoms with van der Waals surface area (Å²) in [6, 6.07) is 4.71. The average Bonchev–Trinajstić information content (AvgIpc) is 2.32. The van der Waals surface area contributed by atoms with Gasteiger partial charge in [0.2, 0.25) is 0 Å². The molecule has 0 saturated carbocycles. The Balaban J connectivity index is 2.98. The van der Waals surface area contributed by atoms with Crippen LogP contribution in [0.15, 0.2) is 18.2 Å². The normalized spacial score (nSPS) is 10.7. The molecule has 1 aromatic rings. The first-order valence-corrected chi connectivity index (χ1v) is 5.98. The SMILES string of the molecule is CC(C)N(CCCO)C(=O)c1cccc(N)c1O. The summed E-state index contributed by atoms with van der Waals surface area (Å²) in [5.74, 6) is -0.458. The number of carbonyl (C=O) groups excluding carboxylic acids is 1. The van der Waals surface area contributed by atoms with Gasteiger partial charge in [-0.25, -0.2) is 0 Å². The number of rotatable bonds is 5. The zero-order chi connectivity index (χ0) is 13.7. The number of aliphatic hydroxyl groups is 1. The molecule has 0 aromatic heterocycles. The Kier molecular flexibility index (Phi) is 4.97. The number of para-hydroxylation sites is 1. The maximum absolute atomic E-state index is 12.3. The third-order valence-electron chi connectivity index (χ3n) is 2.74. The first-order valence-electron chi connectivity index (χ1n) is 5.98. The number of amides is 1. The minimum atomic E-state index is -0.275. The fourth-order valence-electron chi connectivity index (χ4n) is 1.72. The molecule has 0 saturated heterocycles. The van der Waals surface area contributed by atoms with Crippen LogP contribution in [0.1, 0.15) is 30.6 Å². The van der Waals surface area contributed by atoms with E-state index < -0.39 is 0 Å². The molecule has 0 bridgehead atoms. The molecule has 5 nitrogen and oxygen atoms in total. The minimum Gasteiger partial charge on any atom is -0.505 e. The molecule has 0 atom stereocenters. The van der Waals surface area contributed by atoms with Gasteiger partial charge in [0, 0.05) is 19.2 Å². The lowest BCUT2D eigenvalue weighted by Gasteiger charge is -2.27. The third-order valence-corrected chi connectivity index (χ3v) is 2.74. The molecule has 100 valence electrons. The van der Waals surface area contributed by atoms with Crippen molar-refractivity contribution < 1.29 is 15.0 Å². The number of phenolic OH excluding ortho intramolecular Hbond substituents is 1. The highest BCUT2D eigenvalue weighted by Crippen LogP contribution is 2.26. The van der Waals surface area contributed by atoms with Gasteiger partial charge in [-0.05, 0) is 32.4 Å². The molecule has 0 aliphatic heterocycles. The maximum Gasteiger partial charge on any atom is 0.257 e. The Bertz CT molecular complexity index is 419. The number of hydrogen-bond acceptors (Lipinski definition) is 4. The lowest BCUT2D eigenvalue weighted by molar-refractivity contribution is 0.0690. The van der Waals surface area contributed by atoms with Gasteiger partial charge in [-0.1, -0.05) is 6.07 Å². The number of phenols is 1. The fraction of sp³-hybridized carbons (Fsp3) is 0.462. The van der Waals surface area contributed by atoms with Crippen LogP contribution in [0.25, 0.3) is 0 Å². The molecule has 1 amide bonds. The predicted octanol–water partition coefficient (Wildman–Crippen LogP) is 1.21. The van der Waals surface area contributed by atoms with E-state index in [1.165, 1.54) is 0 Å². The number of carbonyl (C=O) groups is 1. The van der Waals surface area contributed by atoms with Crippen LogP contribution in [-0.4, -0.2) is 40.2 Å². The molecule has 1 rings (SSSR count). The summed E-state index contributed by atoms with van der Waals surface area (Å²) in [5.41, 5.74) is 5.96. The van der Waals surface area contributed by atoms with Gasteiger partial charge in [-0.15, -0.1) is 0 Å². The van der Waals surface area contributed by atoms with E-state index in [0.717, 1.165) is 0 Å². The van der Waals surface area contributed by atoms with Crippen LogP contribution in [-0.2, 0) is 0 Å². The van der Waals surface area contributed by atoms with Gasteiger partial charge < -0.3 is 20.8 Å². The van der Waals surface area contributed by atoms with Crippen LogP contribution in [0.4, 0.5) is 5.69 Å². The summed E-state index contributed by atoms with van der Waals surface area (Å²) in [6.07, 6.45) is 0.507. The lowest BCUT2D eigenvalue weighted by Crippen LogP contribution is -2.38. The minimum absolute atomic E-state index is 0.00937. The molecule has 18 heavy (non-hydrogen) atoms. The number of nitrogens with zero attached hydrogens (tertiary/aromatic N) is 1. The molecular formula is C13H20N2O3. The Morgan fingerprint density at radius 1 is 1.44 bits per heavy atom. The van der Waals surface area contributed by atoms with E-state index >= 15 is 0 Å². The van der Waals surface area contributed by atoms with Crippen molar-refractivity contribution in [3.05, 3.63) is 23.8 Å². The van der Waals surface area contributed by atoms with E-state index in [2.05, 4.69) is 0 Å². The lowest BCUT2D eigenvalue weighted by atomic mass is 10.1. The second-order valence-corrected chi connectivity index (χ2v) is 4.41. The topological polar surface area (TPSA) is 86.8 Å². The predicted molar refractivity (Wildman–Crippen MR) is 70.4 cm³/mol. The van der Waals surface area contributed by atoms with Crippen molar-refractivity contribution in [2.45, 2.75) is 26.3 Å². The molecule has 0 heterocycles. The zero-order valence-electron chi connectivity index (χ0n) is 10.8. The highest BCUT2D eigenvalue weighted by Gasteiger charge is 2.21. The molecule has 5 heteroatoms. The highest BCUT2D eigenvalue weighted by atomic mass is 16.3. The van der Waals surface area contributed by atoms with Crippen molar-refractivity contribution in [1.29, 1.82) is 0 Å². The first-order chi connectivity index (χ1) is 8.49. The monoisotopic (exact) mass is 252 g/mol. The van der Waals surface area contributed by atoms with E-state index in [-0.39, 0.29) is 35.6 Å². The van der Waals surface area contributed by atoms with E-state index in [1.807, 2.05) is 13.8 Å². The molecular weight excluding hydrogens is 232 g/mol. The van der Waals surface area contributed by atoms with Gasteiger partial charge in [0.05, 0.1) is 11.3 Å². The molecule has 0 aliphatic carbocycles. The number of hydrogen-bond donors (Lipinski definition) is 3. The molecule has 0 spiro atoms. The Hall–Kier alpha value is -1.75. The van der Waals surface area contributed by atoms with Crippen LogP contribution in [0.3, 0.4) is 0 Å². The summed E-state index contributed by atoms with van der Waals surface area (Å²) in [6.45, 7) is 4.25. The number of nitrogens with two attached hydrogens (primary N) is 1. The molecule has 0 fully saturated rings. The molecule has 0 aliphatic rings. The van der Waals surface area contributed by atoms with E-state index in [0.29, 0.717) is 13.0 Å². The standard InChI is InChI=1S/C13H20N2O3/c1-9(2)15(7-4-8-16)13(18)10-5-3-6-11(14)12(10)17/h3,5-6,9,16-17H,4,7-8,14H2,1-2H3. The van der Waals surface area contributed by atoms with Crippen molar-refractivity contribution in [2.75, 3.05) is 18.9 Å². The highest BCUT2D eigenvalue weighted by molar-refractivity contribution is 5.98. The molecule has 4 N–H and O–H groups in total. The van der Waals surface area contributed by atoms with Gasteiger partial charge >= 0.3 is 0 Å². The number of benzene rings is 1. The van der Waals surface area contributed by atoms with Gasteiger partial charge in [0.25, 0.3) is 5.91 Å². The maximum atomic E-state index is 12.3. The van der Waals surface area contributed by atoms with Crippen LogP contribution < -0.4 is 5.73 Å². The van der Waals surface area contributed by atoms with Crippen LogP contribution >= 0.6 is 0 Å². The smallest absolute Gasteiger partial charge is 0.257 e. The first kappa shape index (κ1) is 14.3. The molecule has 0 unspecified atom stereocenters. The number of aromatic hydroxyl groups is 1. The van der Waals surface area contributed by atoms with Crippen LogP contribution in [0.2, 0.25) is 0 Å². The summed E-state index contributed by atoms with van der Waals surface area (Å²) in [5, 5.41) is 18.6. The van der Waals surface area contributed by atoms with Gasteiger partial charge in [-0.3, -0.25) is 4.79 Å². The Morgan fingerprint density at radius 3 is 2.67 bits per heavy atom. The second-order valence-electron chi connectivity index (χ2n) is 4.41. The third kappa shape index (κ3) is 3.13. The molecule has 0 radical (unpaired) electrons. The van der Waals surface area contributed by atoms with E-state index in [1.54, 1.807) is 23.1 Å². The number of aliphatic hydroxyl groups excluding tert-OH is 1. The average molecular weight is 252 g/mol. The van der Waals surface area contributed by atoms with Crippen molar-refractivity contribution in [1.82, 2.24) is 4.90 Å². The summed E-state index contributed by atoms with van der Waals surface area (Å²) in [7, 11) is 0. The van der Waals surface area contributed by atoms with Gasteiger partial charge in [-0.2, -0.15) is 0 Å². The quantitative estimate of drug-likeness (QED) is 0.543. The Labute approximate surface area is 107 Å². The van der Waals surface area contributed by atoms with Crippen LogP contribution in [0, 0.1) is 0 Å². The molecule has 1 aromatic carbocycles. The van der Waals surface area contributed by atoms with Crippen molar-refractivity contribution >= 4 is 11.6 Å².